The Morgan fingerprint density at radius 1 is 1.11 bits per heavy atom. The van der Waals surface area contributed by atoms with Gasteiger partial charge in [-0.1, -0.05) is 0 Å². The number of carboxylic acids is 1. The summed E-state index contributed by atoms with van der Waals surface area (Å²) in [4.78, 5) is 36.9. The number of fused-ring (bicyclic) bond motifs is 2. The van der Waals surface area contributed by atoms with Gasteiger partial charge in [-0.2, -0.15) is 0 Å². The SMILES string of the molecule is O=C1C[C@H]2CC[C@@H](CN1)N2C(=O)[C@H]1CC[C@@H]1C(=O)O. The molecule has 0 unspecified atom stereocenters. The molecule has 6 heteroatoms. The van der Waals surface area contributed by atoms with E-state index in [4.69, 9.17) is 5.11 Å². The van der Waals surface area contributed by atoms with Crippen LogP contribution in [0.1, 0.15) is 32.1 Å². The second-order valence-corrected chi connectivity index (χ2v) is 5.77. The normalized spacial score (nSPS) is 37.3. The molecule has 2 heterocycles. The van der Waals surface area contributed by atoms with Crippen LogP contribution in [0.3, 0.4) is 0 Å². The number of hydrogen-bond acceptors (Lipinski definition) is 3. The molecule has 1 aliphatic carbocycles. The average molecular weight is 266 g/mol. The molecule has 4 atom stereocenters. The lowest BCUT2D eigenvalue weighted by Gasteiger charge is -2.38. The summed E-state index contributed by atoms with van der Waals surface area (Å²) in [6.45, 7) is 0.505. The highest BCUT2D eigenvalue weighted by Gasteiger charge is 2.48. The Bertz CT molecular complexity index is 436. The lowest BCUT2D eigenvalue weighted by Crippen LogP contribution is -2.51. The molecule has 19 heavy (non-hydrogen) atoms. The van der Waals surface area contributed by atoms with Crippen LogP contribution < -0.4 is 5.32 Å². The Kier molecular flexibility index (Phi) is 2.95. The van der Waals surface area contributed by atoms with Crippen LogP contribution in [-0.2, 0) is 14.4 Å². The highest BCUT2D eigenvalue weighted by Crippen LogP contribution is 2.39. The van der Waals surface area contributed by atoms with E-state index in [2.05, 4.69) is 5.32 Å². The van der Waals surface area contributed by atoms with Crippen LogP contribution in [0.4, 0.5) is 0 Å². The first-order valence-corrected chi connectivity index (χ1v) is 6.89. The third kappa shape index (κ3) is 1.99. The molecule has 6 nitrogen and oxygen atoms in total. The van der Waals surface area contributed by atoms with Gasteiger partial charge in [-0.05, 0) is 25.7 Å². The topological polar surface area (TPSA) is 86.7 Å². The predicted octanol–water partition coefficient (Wildman–Crippen LogP) is -0.0233. The van der Waals surface area contributed by atoms with E-state index in [1.165, 1.54) is 0 Å². The summed E-state index contributed by atoms with van der Waals surface area (Å²) in [5, 5.41) is 11.9. The molecule has 0 spiro atoms. The lowest BCUT2D eigenvalue weighted by molar-refractivity contribution is -0.158. The molecule has 0 aromatic carbocycles. The van der Waals surface area contributed by atoms with Crippen molar-refractivity contribution in [1.82, 2.24) is 10.2 Å². The summed E-state index contributed by atoms with van der Waals surface area (Å²) in [5.74, 6) is -1.84. The Balaban J connectivity index is 1.76. The largest absolute Gasteiger partial charge is 0.481 e. The van der Waals surface area contributed by atoms with E-state index in [0.29, 0.717) is 25.8 Å². The lowest BCUT2D eigenvalue weighted by atomic mass is 9.72. The maximum atomic E-state index is 12.5. The van der Waals surface area contributed by atoms with E-state index >= 15 is 0 Å². The summed E-state index contributed by atoms with van der Waals surface area (Å²) >= 11 is 0. The molecule has 3 rings (SSSR count). The molecule has 3 fully saturated rings. The minimum atomic E-state index is -0.874. The molecule has 0 aromatic rings. The molecular formula is C13H18N2O4. The molecular weight excluding hydrogens is 248 g/mol. The van der Waals surface area contributed by atoms with Gasteiger partial charge in [0.25, 0.3) is 0 Å². The summed E-state index contributed by atoms with van der Waals surface area (Å²) < 4.78 is 0. The number of carbonyl (C=O) groups excluding carboxylic acids is 2. The van der Waals surface area contributed by atoms with Crippen LogP contribution >= 0.6 is 0 Å². The van der Waals surface area contributed by atoms with Crippen molar-refractivity contribution in [2.24, 2.45) is 11.8 Å². The van der Waals surface area contributed by atoms with Crippen molar-refractivity contribution in [1.29, 1.82) is 0 Å². The number of hydrogen-bond donors (Lipinski definition) is 2. The van der Waals surface area contributed by atoms with Crippen LogP contribution in [0.2, 0.25) is 0 Å². The molecule has 2 N–H and O–H groups in total. The smallest absolute Gasteiger partial charge is 0.307 e. The summed E-state index contributed by atoms with van der Waals surface area (Å²) in [5.41, 5.74) is 0. The Morgan fingerprint density at radius 2 is 1.79 bits per heavy atom. The van der Waals surface area contributed by atoms with Gasteiger partial charge in [-0.15, -0.1) is 0 Å². The van der Waals surface area contributed by atoms with Crippen LogP contribution in [0, 0.1) is 11.8 Å². The minimum absolute atomic E-state index is 0.00612. The second kappa shape index (κ2) is 4.51. The van der Waals surface area contributed by atoms with Gasteiger partial charge < -0.3 is 15.3 Å². The van der Waals surface area contributed by atoms with Gasteiger partial charge in [0, 0.05) is 25.0 Å². The zero-order valence-electron chi connectivity index (χ0n) is 10.7. The Labute approximate surface area is 111 Å². The number of nitrogens with zero attached hydrogens (tertiary/aromatic N) is 1. The fourth-order valence-corrected chi connectivity index (χ4v) is 3.52. The second-order valence-electron chi connectivity index (χ2n) is 5.77. The predicted molar refractivity (Wildman–Crippen MR) is 65.1 cm³/mol. The van der Waals surface area contributed by atoms with Gasteiger partial charge in [-0.25, -0.2) is 0 Å². The first-order valence-electron chi connectivity index (χ1n) is 6.89. The van der Waals surface area contributed by atoms with Gasteiger partial charge in [0.15, 0.2) is 0 Å². The number of carbonyl (C=O) groups is 3. The fourth-order valence-electron chi connectivity index (χ4n) is 3.52. The monoisotopic (exact) mass is 266 g/mol. The first kappa shape index (κ1) is 12.4. The molecule has 0 aromatic heterocycles. The summed E-state index contributed by atoms with van der Waals surface area (Å²) in [7, 11) is 0. The highest BCUT2D eigenvalue weighted by molar-refractivity contribution is 5.88. The number of nitrogens with one attached hydrogen (secondary N) is 1. The van der Waals surface area contributed by atoms with Crippen LogP contribution in [0.15, 0.2) is 0 Å². The summed E-state index contributed by atoms with van der Waals surface area (Å²) in [6.07, 6.45) is 3.36. The number of aliphatic carboxylic acids is 1. The van der Waals surface area contributed by atoms with Gasteiger partial charge in [0.05, 0.1) is 11.8 Å². The molecule has 3 aliphatic rings. The maximum absolute atomic E-state index is 12.5. The number of rotatable bonds is 2. The fraction of sp³-hybridized carbons (Fsp3) is 0.769. The molecule has 104 valence electrons. The highest BCUT2D eigenvalue weighted by atomic mass is 16.4. The number of amides is 2. The van der Waals surface area contributed by atoms with E-state index < -0.39 is 11.9 Å². The van der Waals surface area contributed by atoms with Crippen LogP contribution in [0.25, 0.3) is 0 Å². The van der Waals surface area contributed by atoms with Crippen molar-refractivity contribution in [3.05, 3.63) is 0 Å². The van der Waals surface area contributed by atoms with Crippen molar-refractivity contribution in [3.8, 4) is 0 Å². The third-order valence-electron chi connectivity index (χ3n) is 4.74. The molecule has 0 radical (unpaired) electrons. The third-order valence-corrected chi connectivity index (χ3v) is 4.74. The quantitative estimate of drug-likeness (QED) is 0.735. The maximum Gasteiger partial charge on any atom is 0.307 e. The van der Waals surface area contributed by atoms with Crippen molar-refractivity contribution in [2.75, 3.05) is 6.54 Å². The molecule has 1 saturated carbocycles. The standard InChI is InChI=1S/C13H18N2O4/c16-11-5-7-1-2-8(6-14-11)15(7)12(17)9-3-4-10(9)13(18)19/h7-10H,1-6H2,(H,14,16)(H,18,19)/t7-,8+,9+,10+/m1/s1. The van der Waals surface area contributed by atoms with E-state index in [0.717, 1.165) is 12.8 Å². The molecule has 2 aliphatic heterocycles. The van der Waals surface area contributed by atoms with E-state index in [1.54, 1.807) is 4.90 Å². The first-order chi connectivity index (χ1) is 9.08. The van der Waals surface area contributed by atoms with Crippen molar-refractivity contribution < 1.29 is 19.5 Å². The van der Waals surface area contributed by atoms with E-state index in [9.17, 15) is 14.4 Å². The van der Waals surface area contributed by atoms with Crippen molar-refractivity contribution >= 4 is 17.8 Å². The molecule has 2 bridgehead atoms. The number of carboxylic acid groups (broad SMARTS) is 1. The Morgan fingerprint density at radius 3 is 2.42 bits per heavy atom. The van der Waals surface area contributed by atoms with Crippen LogP contribution in [-0.4, -0.2) is 46.4 Å². The van der Waals surface area contributed by atoms with Gasteiger partial charge >= 0.3 is 5.97 Å². The minimum Gasteiger partial charge on any atom is -0.481 e. The van der Waals surface area contributed by atoms with E-state index in [1.807, 2.05) is 0 Å². The average Bonchev–Trinajstić information content (AvgIpc) is 2.57. The van der Waals surface area contributed by atoms with Gasteiger partial charge in [0.2, 0.25) is 11.8 Å². The summed E-state index contributed by atoms with van der Waals surface area (Å²) in [6, 6.07) is 0.0223. The van der Waals surface area contributed by atoms with Crippen molar-refractivity contribution in [2.45, 2.75) is 44.2 Å². The van der Waals surface area contributed by atoms with Crippen LogP contribution in [0.5, 0.6) is 0 Å². The molecule has 2 amide bonds. The Hall–Kier alpha value is -1.59. The zero-order valence-corrected chi connectivity index (χ0v) is 10.7. The van der Waals surface area contributed by atoms with Crippen molar-refractivity contribution in [3.63, 3.8) is 0 Å². The van der Waals surface area contributed by atoms with E-state index in [-0.39, 0.29) is 29.8 Å². The van der Waals surface area contributed by atoms with Gasteiger partial charge in [-0.3, -0.25) is 14.4 Å². The zero-order chi connectivity index (χ0) is 13.6. The molecule has 2 saturated heterocycles. The van der Waals surface area contributed by atoms with Gasteiger partial charge in [0.1, 0.15) is 0 Å².